The number of phenolic OH excluding ortho intramolecular Hbond substituents is 1. The molecule has 1 amide bonds. The van der Waals surface area contributed by atoms with Gasteiger partial charge in [0.2, 0.25) is 0 Å². The van der Waals surface area contributed by atoms with E-state index in [-0.39, 0.29) is 16.9 Å². The van der Waals surface area contributed by atoms with Gasteiger partial charge in [0.05, 0.1) is 11.8 Å². The molecule has 3 aromatic rings. The molecule has 1 aromatic heterocycles. The molecule has 0 bridgehead atoms. The van der Waals surface area contributed by atoms with Gasteiger partial charge in [-0.2, -0.15) is 5.10 Å². The first-order valence-electron chi connectivity index (χ1n) is 8.18. The lowest BCUT2D eigenvalue weighted by Crippen LogP contribution is -2.17. The molecule has 7 heteroatoms. The van der Waals surface area contributed by atoms with E-state index in [4.69, 9.17) is 4.42 Å². The van der Waals surface area contributed by atoms with E-state index < -0.39 is 17.5 Å². The predicted molar refractivity (Wildman–Crippen MR) is 96.6 cm³/mol. The third-order valence-electron chi connectivity index (χ3n) is 3.87. The van der Waals surface area contributed by atoms with Crippen LogP contribution in [0.4, 0.5) is 8.78 Å². The van der Waals surface area contributed by atoms with Gasteiger partial charge in [-0.25, -0.2) is 14.2 Å². The van der Waals surface area contributed by atoms with Crippen LogP contribution < -0.4 is 5.43 Å². The Morgan fingerprint density at radius 1 is 1.19 bits per heavy atom. The van der Waals surface area contributed by atoms with Gasteiger partial charge in [0.25, 0.3) is 5.91 Å². The fraction of sp³-hybridized carbons (Fsp3) is 0.100. The molecule has 2 aromatic carbocycles. The van der Waals surface area contributed by atoms with E-state index >= 15 is 0 Å². The molecule has 0 unspecified atom stereocenters. The summed E-state index contributed by atoms with van der Waals surface area (Å²) in [7, 11) is 0. The highest BCUT2D eigenvalue weighted by Crippen LogP contribution is 2.28. The van der Waals surface area contributed by atoms with Gasteiger partial charge in [-0.1, -0.05) is 13.0 Å². The number of hydrogen-bond donors (Lipinski definition) is 2. The topological polar surface area (TPSA) is 74.8 Å². The number of amides is 1. The number of hydrogen-bond acceptors (Lipinski definition) is 4. The predicted octanol–water partition coefficient (Wildman–Crippen LogP) is 4.26. The first-order chi connectivity index (χ1) is 13.0. The van der Waals surface area contributed by atoms with Crippen molar-refractivity contribution >= 4 is 12.1 Å². The number of hydrazone groups is 1. The number of carbonyl (C=O) groups excluding carboxylic acids is 1. The second-order valence-corrected chi connectivity index (χ2v) is 5.71. The third-order valence-corrected chi connectivity index (χ3v) is 3.87. The van der Waals surface area contributed by atoms with Crippen LogP contribution in [0.1, 0.15) is 28.8 Å². The molecular formula is C20H16F2N2O3. The van der Waals surface area contributed by atoms with Gasteiger partial charge in [0, 0.05) is 18.1 Å². The molecule has 0 fully saturated rings. The second kappa shape index (κ2) is 7.82. The van der Waals surface area contributed by atoms with Crippen molar-refractivity contribution in [3.8, 4) is 16.9 Å². The van der Waals surface area contributed by atoms with Crippen LogP contribution in [-0.4, -0.2) is 17.2 Å². The van der Waals surface area contributed by atoms with Gasteiger partial charge in [0.15, 0.2) is 0 Å². The molecule has 0 saturated carbocycles. The fourth-order valence-electron chi connectivity index (χ4n) is 2.48. The van der Waals surface area contributed by atoms with Crippen molar-refractivity contribution in [2.75, 3.05) is 0 Å². The van der Waals surface area contributed by atoms with Gasteiger partial charge in [0.1, 0.15) is 28.9 Å². The molecule has 138 valence electrons. The minimum atomic E-state index is -0.769. The van der Waals surface area contributed by atoms with E-state index in [9.17, 15) is 18.7 Å². The Balaban J connectivity index is 1.80. The molecule has 2 N–H and O–H groups in total. The highest BCUT2D eigenvalue weighted by molar-refractivity contribution is 5.98. The molecule has 0 atom stereocenters. The highest BCUT2D eigenvalue weighted by atomic mass is 19.1. The zero-order chi connectivity index (χ0) is 19.4. The zero-order valence-corrected chi connectivity index (χ0v) is 14.4. The van der Waals surface area contributed by atoms with Crippen molar-refractivity contribution in [1.82, 2.24) is 5.43 Å². The number of halogens is 2. The monoisotopic (exact) mass is 370 g/mol. The van der Waals surface area contributed by atoms with Crippen LogP contribution in [0.5, 0.6) is 5.75 Å². The number of nitrogens with zero attached hydrogens (tertiary/aromatic N) is 1. The van der Waals surface area contributed by atoms with Gasteiger partial charge in [-0.3, -0.25) is 4.79 Å². The maximum absolute atomic E-state index is 14.0. The van der Waals surface area contributed by atoms with Crippen molar-refractivity contribution in [3.63, 3.8) is 0 Å². The Morgan fingerprint density at radius 3 is 2.70 bits per heavy atom. The Labute approximate surface area is 154 Å². The molecule has 0 aliphatic heterocycles. The highest BCUT2D eigenvalue weighted by Gasteiger charge is 2.14. The second-order valence-electron chi connectivity index (χ2n) is 5.71. The van der Waals surface area contributed by atoms with Crippen LogP contribution in [0.25, 0.3) is 11.1 Å². The number of rotatable bonds is 5. The maximum atomic E-state index is 14.0. The van der Waals surface area contributed by atoms with Gasteiger partial charge < -0.3 is 9.52 Å². The van der Waals surface area contributed by atoms with E-state index in [1.54, 1.807) is 12.1 Å². The molecule has 0 saturated heterocycles. The first kappa shape index (κ1) is 18.3. The number of phenols is 1. The van der Waals surface area contributed by atoms with Crippen LogP contribution >= 0.6 is 0 Å². The molecule has 1 heterocycles. The minimum Gasteiger partial charge on any atom is -0.507 e. The summed E-state index contributed by atoms with van der Waals surface area (Å²) in [6.45, 7) is 1.95. The van der Waals surface area contributed by atoms with Crippen molar-refractivity contribution in [1.29, 1.82) is 0 Å². The third kappa shape index (κ3) is 4.20. The summed E-state index contributed by atoms with van der Waals surface area (Å²) in [6, 6.07) is 10.6. The molecular weight excluding hydrogens is 354 g/mol. The van der Waals surface area contributed by atoms with E-state index in [0.717, 1.165) is 24.3 Å². The zero-order valence-electron chi connectivity index (χ0n) is 14.4. The summed E-state index contributed by atoms with van der Waals surface area (Å²) in [5.74, 6) is -1.19. The maximum Gasteiger partial charge on any atom is 0.275 e. The van der Waals surface area contributed by atoms with E-state index in [2.05, 4.69) is 10.5 Å². The minimum absolute atomic E-state index is 0.0953. The summed E-state index contributed by atoms with van der Waals surface area (Å²) in [5, 5.41) is 13.7. The van der Waals surface area contributed by atoms with Gasteiger partial charge in [-0.15, -0.1) is 0 Å². The lowest BCUT2D eigenvalue weighted by Gasteiger charge is -2.08. The van der Waals surface area contributed by atoms with E-state index in [1.165, 1.54) is 30.5 Å². The number of carbonyl (C=O) groups is 1. The molecule has 3 rings (SSSR count). The van der Waals surface area contributed by atoms with E-state index in [0.29, 0.717) is 11.3 Å². The first-order valence-corrected chi connectivity index (χ1v) is 8.18. The number of benzene rings is 2. The summed E-state index contributed by atoms with van der Waals surface area (Å²) >= 11 is 0. The summed E-state index contributed by atoms with van der Waals surface area (Å²) < 4.78 is 32.4. The number of aromatic hydroxyl groups is 1. The summed E-state index contributed by atoms with van der Waals surface area (Å²) in [5.41, 5.74) is 2.61. The smallest absolute Gasteiger partial charge is 0.275 e. The van der Waals surface area contributed by atoms with Crippen LogP contribution in [0.2, 0.25) is 0 Å². The largest absolute Gasteiger partial charge is 0.507 e. The van der Waals surface area contributed by atoms with Crippen LogP contribution in [0, 0.1) is 11.6 Å². The van der Waals surface area contributed by atoms with Crippen LogP contribution in [-0.2, 0) is 6.42 Å². The molecule has 0 aliphatic rings. The lowest BCUT2D eigenvalue weighted by atomic mass is 10.0. The number of furan rings is 1. The van der Waals surface area contributed by atoms with Crippen molar-refractivity contribution < 1.29 is 23.1 Å². The standard InChI is InChI=1S/C20H16F2N2O3/c1-2-14-5-6-15(27-14)11-23-24-20(26)17-9-12(3-8-19(17)25)16-7-4-13(21)10-18(16)22/h3-11,25H,2H2,1H3,(H,24,26). The molecule has 0 radical (unpaired) electrons. The van der Waals surface area contributed by atoms with Crippen molar-refractivity contribution in [2.45, 2.75) is 13.3 Å². The average Bonchev–Trinajstić information content (AvgIpc) is 3.10. The van der Waals surface area contributed by atoms with Gasteiger partial charge in [-0.05, 0) is 42.0 Å². The fourth-order valence-corrected chi connectivity index (χ4v) is 2.48. The normalized spacial score (nSPS) is 11.1. The van der Waals surface area contributed by atoms with Crippen LogP contribution in [0.15, 0.2) is 58.0 Å². The number of nitrogens with one attached hydrogen (secondary N) is 1. The molecule has 5 nitrogen and oxygen atoms in total. The number of aryl methyl sites for hydroxylation is 1. The summed E-state index contributed by atoms with van der Waals surface area (Å²) in [4.78, 5) is 12.3. The molecule has 27 heavy (non-hydrogen) atoms. The van der Waals surface area contributed by atoms with E-state index in [1.807, 2.05) is 6.92 Å². The van der Waals surface area contributed by atoms with Crippen molar-refractivity contribution in [3.05, 3.63) is 77.2 Å². The molecule has 0 spiro atoms. The Kier molecular flexibility index (Phi) is 5.30. The van der Waals surface area contributed by atoms with Crippen LogP contribution in [0.3, 0.4) is 0 Å². The SMILES string of the molecule is CCc1ccc(C=NNC(=O)c2cc(-c3ccc(F)cc3F)ccc2O)o1. The van der Waals surface area contributed by atoms with Crippen molar-refractivity contribution in [2.24, 2.45) is 5.10 Å². The summed E-state index contributed by atoms with van der Waals surface area (Å²) in [6.07, 6.45) is 2.07. The Morgan fingerprint density at radius 2 is 2.00 bits per heavy atom. The Bertz CT molecular complexity index is 1010. The van der Waals surface area contributed by atoms with Gasteiger partial charge >= 0.3 is 0 Å². The molecule has 0 aliphatic carbocycles. The lowest BCUT2D eigenvalue weighted by molar-refractivity contribution is 0.0952. The Hall–Kier alpha value is -3.48. The quantitative estimate of drug-likeness (QED) is 0.521. The average molecular weight is 370 g/mol.